The molecule has 0 bridgehead atoms. The molecule has 2 aromatic rings. The Bertz CT molecular complexity index is 513. The van der Waals surface area contributed by atoms with E-state index in [2.05, 4.69) is 39.3 Å². The van der Waals surface area contributed by atoms with Crippen LogP contribution in [0.25, 0.3) is 0 Å². The summed E-state index contributed by atoms with van der Waals surface area (Å²) in [6.07, 6.45) is 2.77. The molecule has 0 aliphatic heterocycles. The molecular formula is C13H16ClN3S. The minimum absolute atomic E-state index is 0.297. The molecule has 18 heavy (non-hydrogen) atoms. The lowest BCUT2D eigenvalue weighted by Gasteiger charge is -2.26. The third-order valence-corrected chi connectivity index (χ3v) is 4.07. The molecular weight excluding hydrogens is 266 g/mol. The highest BCUT2D eigenvalue weighted by atomic mass is 35.5. The van der Waals surface area contributed by atoms with Crippen LogP contribution in [0.3, 0.4) is 0 Å². The van der Waals surface area contributed by atoms with E-state index in [1.165, 1.54) is 4.88 Å². The Balaban J connectivity index is 2.14. The number of likely N-dealkylation sites (N-methyl/N-ethyl adjacent to an activating group) is 1. The van der Waals surface area contributed by atoms with E-state index >= 15 is 0 Å². The van der Waals surface area contributed by atoms with Crippen molar-refractivity contribution in [1.82, 2.24) is 9.97 Å². The van der Waals surface area contributed by atoms with Crippen molar-refractivity contribution in [3.05, 3.63) is 39.4 Å². The van der Waals surface area contributed by atoms with Crippen LogP contribution in [0, 0.1) is 6.92 Å². The smallest absolute Gasteiger partial charge is 0.224 e. The monoisotopic (exact) mass is 281 g/mol. The lowest BCUT2D eigenvalue weighted by molar-refractivity contribution is 0.677. The molecule has 1 unspecified atom stereocenters. The maximum absolute atomic E-state index is 5.86. The Labute approximate surface area is 116 Å². The van der Waals surface area contributed by atoms with Crippen LogP contribution in [-0.4, -0.2) is 23.1 Å². The molecule has 0 saturated carbocycles. The number of aromatic nitrogens is 2. The molecule has 0 fully saturated rings. The van der Waals surface area contributed by atoms with Crippen molar-refractivity contribution in [1.29, 1.82) is 0 Å². The molecule has 0 saturated heterocycles. The van der Waals surface area contributed by atoms with E-state index in [0.29, 0.717) is 11.3 Å². The van der Waals surface area contributed by atoms with Crippen LogP contribution in [0.4, 0.5) is 5.82 Å². The Kier molecular flexibility index (Phi) is 4.19. The van der Waals surface area contributed by atoms with Crippen LogP contribution in [0.5, 0.6) is 0 Å². The minimum atomic E-state index is 0.297. The first-order chi connectivity index (χ1) is 8.58. The third kappa shape index (κ3) is 3.00. The molecule has 0 aliphatic rings. The van der Waals surface area contributed by atoms with E-state index in [-0.39, 0.29) is 0 Å². The van der Waals surface area contributed by atoms with Crippen LogP contribution in [-0.2, 0) is 6.42 Å². The number of rotatable bonds is 4. The minimum Gasteiger partial charge on any atom is -0.356 e. The predicted octanol–water partition coefficient (Wildman–Crippen LogP) is 3.57. The van der Waals surface area contributed by atoms with E-state index in [1.807, 2.05) is 14.0 Å². The van der Waals surface area contributed by atoms with Crippen molar-refractivity contribution in [2.75, 3.05) is 11.9 Å². The quantitative estimate of drug-likeness (QED) is 0.803. The van der Waals surface area contributed by atoms with Gasteiger partial charge in [-0.15, -0.1) is 11.3 Å². The zero-order valence-electron chi connectivity index (χ0n) is 10.7. The van der Waals surface area contributed by atoms with Gasteiger partial charge in [-0.25, -0.2) is 9.97 Å². The lowest BCUT2D eigenvalue weighted by atomic mass is 10.1. The third-order valence-electron chi connectivity index (χ3n) is 2.99. The highest BCUT2D eigenvalue weighted by Crippen LogP contribution is 2.21. The van der Waals surface area contributed by atoms with Crippen molar-refractivity contribution in [2.45, 2.75) is 26.3 Å². The fraction of sp³-hybridized carbons (Fsp3) is 0.385. The second-order valence-electron chi connectivity index (χ2n) is 4.39. The molecule has 2 rings (SSSR count). The van der Waals surface area contributed by atoms with Crippen molar-refractivity contribution in [2.24, 2.45) is 0 Å². The van der Waals surface area contributed by atoms with Gasteiger partial charge in [0.15, 0.2) is 0 Å². The zero-order chi connectivity index (χ0) is 13.1. The molecule has 0 aliphatic carbocycles. The SMILES string of the molecule is Cc1cnc(Cl)nc1N(C)C(C)Cc1cccs1. The van der Waals surface area contributed by atoms with Gasteiger partial charge in [-0.2, -0.15) is 0 Å². The fourth-order valence-electron chi connectivity index (χ4n) is 1.83. The Hall–Kier alpha value is -1.13. The summed E-state index contributed by atoms with van der Waals surface area (Å²) in [5, 5.41) is 2.40. The first-order valence-electron chi connectivity index (χ1n) is 5.82. The van der Waals surface area contributed by atoms with Crippen LogP contribution in [0.2, 0.25) is 5.28 Å². The molecule has 0 amide bonds. The molecule has 0 spiro atoms. The Morgan fingerprint density at radius 1 is 1.50 bits per heavy atom. The van der Waals surface area contributed by atoms with Crippen LogP contribution >= 0.6 is 22.9 Å². The molecule has 0 radical (unpaired) electrons. The van der Waals surface area contributed by atoms with Crippen molar-refractivity contribution in [3.8, 4) is 0 Å². The van der Waals surface area contributed by atoms with Gasteiger partial charge in [-0.05, 0) is 36.9 Å². The summed E-state index contributed by atoms with van der Waals surface area (Å²) in [4.78, 5) is 11.8. The van der Waals surface area contributed by atoms with Gasteiger partial charge in [-0.1, -0.05) is 6.07 Å². The summed E-state index contributed by atoms with van der Waals surface area (Å²) in [7, 11) is 2.05. The van der Waals surface area contributed by atoms with Gasteiger partial charge in [0.05, 0.1) is 0 Å². The van der Waals surface area contributed by atoms with Gasteiger partial charge < -0.3 is 4.90 Å². The molecule has 3 nitrogen and oxygen atoms in total. The summed E-state index contributed by atoms with van der Waals surface area (Å²) in [6.45, 7) is 4.19. The topological polar surface area (TPSA) is 29.0 Å². The van der Waals surface area contributed by atoms with E-state index in [9.17, 15) is 0 Å². The number of halogens is 1. The number of thiophene rings is 1. The van der Waals surface area contributed by atoms with Gasteiger partial charge in [0.1, 0.15) is 5.82 Å². The van der Waals surface area contributed by atoms with Crippen LogP contribution in [0.15, 0.2) is 23.7 Å². The average molecular weight is 282 g/mol. The highest BCUT2D eigenvalue weighted by molar-refractivity contribution is 7.09. The first-order valence-corrected chi connectivity index (χ1v) is 7.08. The second-order valence-corrected chi connectivity index (χ2v) is 5.76. The van der Waals surface area contributed by atoms with Crippen molar-refractivity contribution >= 4 is 28.8 Å². The molecule has 0 N–H and O–H groups in total. The van der Waals surface area contributed by atoms with Gasteiger partial charge >= 0.3 is 0 Å². The van der Waals surface area contributed by atoms with Crippen molar-refractivity contribution < 1.29 is 0 Å². The highest BCUT2D eigenvalue weighted by Gasteiger charge is 2.15. The van der Waals surface area contributed by atoms with Gasteiger partial charge in [0, 0.05) is 36.1 Å². The molecule has 2 aromatic heterocycles. The molecule has 0 aromatic carbocycles. The zero-order valence-corrected chi connectivity index (χ0v) is 12.3. The average Bonchev–Trinajstić information content (AvgIpc) is 2.84. The number of nitrogens with zero attached hydrogens (tertiary/aromatic N) is 3. The van der Waals surface area contributed by atoms with Crippen LogP contribution < -0.4 is 4.90 Å². The van der Waals surface area contributed by atoms with E-state index in [0.717, 1.165) is 17.8 Å². The standard InChI is InChI=1S/C13H16ClN3S/c1-9-8-15-13(14)16-12(9)17(3)10(2)7-11-5-4-6-18-11/h4-6,8,10H,7H2,1-3H3. The van der Waals surface area contributed by atoms with Gasteiger partial charge in [-0.3, -0.25) is 0 Å². The molecule has 96 valence electrons. The fourth-order valence-corrected chi connectivity index (χ4v) is 2.79. The Morgan fingerprint density at radius 3 is 2.94 bits per heavy atom. The van der Waals surface area contributed by atoms with E-state index < -0.39 is 0 Å². The molecule has 5 heteroatoms. The number of hydrogen-bond acceptors (Lipinski definition) is 4. The summed E-state index contributed by atoms with van der Waals surface area (Å²) < 4.78 is 0. The van der Waals surface area contributed by atoms with Crippen LogP contribution in [0.1, 0.15) is 17.4 Å². The summed E-state index contributed by atoms with van der Waals surface area (Å²) in [5.41, 5.74) is 1.04. The van der Waals surface area contributed by atoms with Gasteiger partial charge in [0.2, 0.25) is 5.28 Å². The molecule has 2 heterocycles. The lowest BCUT2D eigenvalue weighted by Crippen LogP contribution is -2.31. The number of aryl methyl sites for hydroxylation is 1. The number of hydrogen-bond donors (Lipinski definition) is 0. The van der Waals surface area contributed by atoms with Crippen molar-refractivity contribution in [3.63, 3.8) is 0 Å². The summed E-state index contributed by atoms with van der Waals surface area (Å²) >= 11 is 7.65. The van der Waals surface area contributed by atoms with E-state index in [4.69, 9.17) is 11.6 Å². The largest absolute Gasteiger partial charge is 0.356 e. The number of anilines is 1. The second kappa shape index (κ2) is 5.67. The van der Waals surface area contributed by atoms with Gasteiger partial charge in [0.25, 0.3) is 0 Å². The summed E-state index contributed by atoms with van der Waals surface area (Å²) in [6, 6.07) is 4.61. The summed E-state index contributed by atoms with van der Waals surface area (Å²) in [5.74, 6) is 0.902. The van der Waals surface area contributed by atoms with E-state index in [1.54, 1.807) is 17.5 Å². The maximum Gasteiger partial charge on any atom is 0.224 e. The Morgan fingerprint density at radius 2 is 2.28 bits per heavy atom. The maximum atomic E-state index is 5.86. The normalized spacial score (nSPS) is 12.4. The predicted molar refractivity (Wildman–Crippen MR) is 77.7 cm³/mol. The first kappa shape index (κ1) is 13.3. The molecule has 1 atom stereocenters.